The van der Waals surface area contributed by atoms with Crippen molar-refractivity contribution in [1.29, 1.82) is 0 Å². The van der Waals surface area contributed by atoms with Crippen LogP contribution in [0.4, 0.5) is 5.69 Å². The van der Waals surface area contributed by atoms with Crippen LogP contribution in [0.3, 0.4) is 0 Å². The molecule has 1 saturated heterocycles. The molecule has 1 aliphatic carbocycles. The number of ether oxygens (including phenoxy) is 4. The molecule has 7 nitrogen and oxygen atoms in total. The fourth-order valence-electron chi connectivity index (χ4n) is 5.36. The number of morpholine rings is 1. The van der Waals surface area contributed by atoms with Gasteiger partial charge in [0.25, 0.3) is 5.91 Å². The maximum Gasteiger partial charge on any atom is 0.251 e. The lowest BCUT2D eigenvalue weighted by Crippen LogP contribution is -2.38. The Kier molecular flexibility index (Phi) is 8.79. The van der Waals surface area contributed by atoms with Gasteiger partial charge in [-0.1, -0.05) is 42.0 Å². The van der Waals surface area contributed by atoms with Crippen LogP contribution in [0.5, 0.6) is 11.5 Å². The van der Waals surface area contributed by atoms with Crippen molar-refractivity contribution < 1.29 is 23.7 Å². The van der Waals surface area contributed by atoms with E-state index in [1.807, 2.05) is 18.2 Å². The first-order chi connectivity index (χ1) is 18.6. The lowest BCUT2D eigenvalue weighted by atomic mass is 9.90. The lowest BCUT2D eigenvalue weighted by molar-refractivity contribution is -0.113. The van der Waals surface area contributed by atoms with E-state index in [0.29, 0.717) is 42.7 Å². The molecule has 0 bridgehead atoms. The van der Waals surface area contributed by atoms with Gasteiger partial charge < -0.3 is 24.3 Å². The topological polar surface area (TPSA) is 69.3 Å². The molecule has 5 rings (SSSR count). The van der Waals surface area contributed by atoms with Crippen molar-refractivity contribution in [3.8, 4) is 11.5 Å². The van der Waals surface area contributed by atoms with Crippen LogP contribution in [0, 0.1) is 6.92 Å². The first-order valence-electron chi connectivity index (χ1n) is 13.6. The molecule has 0 spiro atoms. The van der Waals surface area contributed by atoms with E-state index in [2.05, 4.69) is 53.6 Å². The van der Waals surface area contributed by atoms with Gasteiger partial charge in [0.1, 0.15) is 6.61 Å². The number of aryl methyl sites for hydroxylation is 1. The smallest absolute Gasteiger partial charge is 0.251 e. The molecule has 2 aromatic rings. The van der Waals surface area contributed by atoms with Gasteiger partial charge in [0.05, 0.1) is 33.0 Å². The number of allylic oxidation sites excluding steroid dienone is 1. The monoisotopic (exact) mass is 518 g/mol. The van der Waals surface area contributed by atoms with Crippen LogP contribution in [0.1, 0.15) is 36.3 Å². The second-order valence-corrected chi connectivity index (χ2v) is 10.1. The van der Waals surface area contributed by atoms with Crippen LogP contribution in [0.25, 0.3) is 0 Å². The summed E-state index contributed by atoms with van der Waals surface area (Å²) < 4.78 is 23.0. The van der Waals surface area contributed by atoms with Crippen molar-refractivity contribution in [3.63, 3.8) is 0 Å². The maximum atomic E-state index is 13.5. The summed E-state index contributed by atoms with van der Waals surface area (Å²) in [5.41, 5.74) is 5.18. The van der Waals surface area contributed by atoms with Gasteiger partial charge in [-0.2, -0.15) is 0 Å². The minimum absolute atomic E-state index is 0.0695. The Morgan fingerprint density at radius 3 is 2.63 bits per heavy atom. The number of carbonyl (C=O) groups excluding carboxylic acids is 1. The molecule has 2 aromatic carbocycles. The van der Waals surface area contributed by atoms with Crippen molar-refractivity contribution in [2.24, 2.45) is 0 Å². The molecule has 3 aliphatic rings. The lowest BCUT2D eigenvalue weighted by Gasteiger charge is -2.26. The largest absolute Gasteiger partial charge is 0.493 e. The summed E-state index contributed by atoms with van der Waals surface area (Å²) in [6.45, 7) is 7.35. The molecule has 1 amide bonds. The molecule has 0 saturated carbocycles. The van der Waals surface area contributed by atoms with E-state index < -0.39 is 0 Å². The zero-order valence-corrected chi connectivity index (χ0v) is 22.4. The normalized spacial score (nSPS) is 21.9. The average molecular weight is 519 g/mol. The summed E-state index contributed by atoms with van der Waals surface area (Å²) in [5, 5.41) is 3.11. The Morgan fingerprint density at radius 2 is 1.84 bits per heavy atom. The highest BCUT2D eigenvalue weighted by Crippen LogP contribution is 2.36. The van der Waals surface area contributed by atoms with Crippen LogP contribution < -0.4 is 14.8 Å². The second-order valence-electron chi connectivity index (χ2n) is 10.1. The molecular formula is C31H38N2O5. The van der Waals surface area contributed by atoms with Crippen LogP contribution in [0.2, 0.25) is 0 Å². The molecule has 0 aromatic heterocycles. The highest BCUT2D eigenvalue weighted by Gasteiger charge is 2.29. The van der Waals surface area contributed by atoms with Crippen molar-refractivity contribution in [3.05, 3.63) is 76.9 Å². The van der Waals surface area contributed by atoms with Crippen molar-refractivity contribution in [1.82, 2.24) is 4.90 Å². The van der Waals surface area contributed by atoms with Gasteiger partial charge in [-0.15, -0.1) is 0 Å². The van der Waals surface area contributed by atoms with Gasteiger partial charge in [-0.3, -0.25) is 9.69 Å². The Labute approximate surface area is 225 Å². The van der Waals surface area contributed by atoms with Gasteiger partial charge in [0, 0.05) is 49.3 Å². The molecule has 202 valence electrons. The molecule has 7 heteroatoms. The number of hydrogen-bond donors (Lipinski definition) is 1. The second kappa shape index (κ2) is 12.6. The number of benzene rings is 2. The van der Waals surface area contributed by atoms with E-state index in [0.717, 1.165) is 56.8 Å². The predicted molar refractivity (Wildman–Crippen MR) is 148 cm³/mol. The molecule has 2 heterocycles. The van der Waals surface area contributed by atoms with Crippen molar-refractivity contribution in [2.75, 3.05) is 58.5 Å². The number of nitrogens with one attached hydrogen (secondary N) is 1. The summed E-state index contributed by atoms with van der Waals surface area (Å²) in [5.74, 6) is 1.52. The fourth-order valence-corrected chi connectivity index (χ4v) is 5.36. The summed E-state index contributed by atoms with van der Waals surface area (Å²) >= 11 is 0. The minimum Gasteiger partial charge on any atom is -0.493 e. The third-order valence-corrected chi connectivity index (χ3v) is 7.59. The average Bonchev–Trinajstić information content (AvgIpc) is 3.17. The van der Waals surface area contributed by atoms with Crippen LogP contribution in [-0.2, 0) is 14.3 Å². The number of hydrogen-bond acceptors (Lipinski definition) is 6. The Bertz CT molecular complexity index is 1170. The van der Waals surface area contributed by atoms with Crippen LogP contribution in [-0.4, -0.2) is 70.1 Å². The number of amides is 1. The molecule has 2 aliphatic heterocycles. The first kappa shape index (κ1) is 26.5. The molecule has 0 radical (unpaired) electrons. The maximum absolute atomic E-state index is 13.5. The van der Waals surface area contributed by atoms with E-state index in [9.17, 15) is 4.79 Å². The van der Waals surface area contributed by atoms with Gasteiger partial charge >= 0.3 is 0 Å². The van der Waals surface area contributed by atoms with Gasteiger partial charge in [-0.25, -0.2) is 0 Å². The number of rotatable bonds is 8. The van der Waals surface area contributed by atoms with Crippen molar-refractivity contribution >= 4 is 11.6 Å². The Morgan fingerprint density at radius 1 is 1.03 bits per heavy atom. The SMILES string of the molecule is COc1ccc(NC(=O)C2=C3CCC(c4ccc(C)cc4)C=CC3OCC2)cc1OCCN1CCOCC1. The highest BCUT2D eigenvalue weighted by atomic mass is 16.5. The summed E-state index contributed by atoms with van der Waals surface area (Å²) in [6.07, 6.45) is 6.63. The molecule has 2 atom stereocenters. The van der Waals surface area contributed by atoms with E-state index in [-0.39, 0.29) is 12.0 Å². The summed E-state index contributed by atoms with van der Waals surface area (Å²) in [6, 6.07) is 14.3. The minimum atomic E-state index is -0.144. The van der Waals surface area contributed by atoms with Crippen LogP contribution in [0.15, 0.2) is 65.8 Å². The number of nitrogens with zero attached hydrogens (tertiary/aromatic N) is 1. The number of anilines is 1. The quantitative estimate of drug-likeness (QED) is 0.503. The Balaban J connectivity index is 1.26. The van der Waals surface area contributed by atoms with E-state index in [4.69, 9.17) is 18.9 Å². The van der Waals surface area contributed by atoms with Crippen molar-refractivity contribution in [2.45, 2.75) is 38.2 Å². The van der Waals surface area contributed by atoms with E-state index >= 15 is 0 Å². The fraction of sp³-hybridized carbons (Fsp3) is 0.452. The third-order valence-electron chi connectivity index (χ3n) is 7.59. The number of fused-ring (bicyclic) bond motifs is 1. The predicted octanol–water partition coefficient (Wildman–Crippen LogP) is 4.87. The molecule has 2 unspecified atom stereocenters. The standard InChI is InChI=1S/C31H38N2O5/c1-22-3-5-23(6-4-22)24-7-10-26-27(13-17-37-28(26)11-8-24)31(34)32-25-9-12-29(35-2)30(21-25)38-20-16-33-14-18-36-19-15-33/h3-6,8-9,11-12,21,24,28H,7,10,13-20H2,1-2H3,(H,32,34). The van der Waals surface area contributed by atoms with Crippen LogP contribution >= 0.6 is 0 Å². The number of methoxy groups -OCH3 is 1. The number of carbonyl (C=O) groups is 1. The highest BCUT2D eigenvalue weighted by molar-refractivity contribution is 6.04. The van der Waals surface area contributed by atoms with E-state index in [1.54, 1.807) is 7.11 Å². The zero-order valence-electron chi connectivity index (χ0n) is 22.4. The third kappa shape index (κ3) is 6.46. The zero-order chi connectivity index (χ0) is 26.3. The van der Waals surface area contributed by atoms with E-state index in [1.165, 1.54) is 11.1 Å². The summed E-state index contributed by atoms with van der Waals surface area (Å²) in [7, 11) is 1.63. The molecule has 38 heavy (non-hydrogen) atoms. The molecule has 1 N–H and O–H groups in total. The summed E-state index contributed by atoms with van der Waals surface area (Å²) in [4.78, 5) is 15.8. The van der Waals surface area contributed by atoms with Gasteiger partial charge in [0.2, 0.25) is 0 Å². The van der Waals surface area contributed by atoms with Gasteiger partial charge in [0.15, 0.2) is 11.5 Å². The Hall–Kier alpha value is -3.13. The molecular weight excluding hydrogens is 480 g/mol. The molecule has 1 fully saturated rings. The first-order valence-corrected chi connectivity index (χ1v) is 13.6. The van der Waals surface area contributed by atoms with Gasteiger partial charge in [-0.05, 0) is 43.0 Å².